The van der Waals surface area contributed by atoms with Crippen LogP contribution in [0.25, 0.3) is 0 Å². The normalized spacial score (nSPS) is 13.3. The third-order valence-electron chi connectivity index (χ3n) is 17.1. The highest BCUT2D eigenvalue weighted by atomic mass is 28.3. The van der Waals surface area contributed by atoms with Crippen molar-refractivity contribution in [3.63, 3.8) is 0 Å². The van der Waals surface area contributed by atoms with Gasteiger partial charge < -0.3 is 14.7 Å². The molecule has 0 fully saturated rings. The zero-order chi connectivity index (χ0) is 52.8. The zero-order valence-corrected chi connectivity index (χ0v) is 46.2. The molecule has 3 aliphatic rings. The van der Waals surface area contributed by atoms with Gasteiger partial charge in [0.25, 0.3) is 0 Å². The van der Waals surface area contributed by atoms with Crippen LogP contribution in [0.5, 0.6) is 0 Å². The molecule has 3 aliphatic heterocycles. The average molecular weight is 1020 g/mol. The van der Waals surface area contributed by atoms with Crippen LogP contribution in [0.1, 0.15) is 33.4 Å². The van der Waals surface area contributed by atoms with Crippen molar-refractivity contribution in [3.8, 4) is 0 Å². The summed E-state index contributed by atoms with van der Waals surface area (Å²) in [6.45, 7) is 13.7. The van der Waals surface area contributed by atoms with Crippen LogP contribution < -0.4 is 68.2 Å². The molecule has 0 N–H and O–H groups in total. The molecular weight excluding hydrogens is 957 g/mol. The van der Waals surface area contributed by atoms with E-state index in [9.17, 15) is 0 Å². The summed E-state index contributed by atoms with van der Waals surface area (Å²) in [5.41, 5.74) is 26.7. The summed E-state index contributed by atoms with van der Waals surface area (Å²) in [6, 6.07) is 94.7. The molecule has 3 heterocycles. The van der Waals surface area contributed by atoms with Crippen LogP contribution in [0, 0.1) is 41.5 Å². The van der Waals surface area contributed by atoms with E-state index in [-0.39, 0.29) is 13.4 Å². The van der Waals surface area contributed by atoms with E-state index in [2.05, 4.69) is 305 Å². The van der Waals surface area contributed by atoms with Crippen LogP contribution in [-0.4, -0.2) is 21.5 Å². The van der Waals surface area contributed by atoms with Gasteiger partial charge in [-0.25, -0.2) is 0 Å². The molecule has 0 spiro atoms. The van der Waals surface area contributed by atoms with E-state index in [1.165, 1.54) is 104 Å². The van der Waals surface area contributed by atoms with Gasteiger partial charge in [-0.05, 0) is 157 Å². The summed E-state index contributed by atoms with van der Waals surface area (Å²) in [4.78, 5) is 7.80. The summed E-state index contributed by atoms with van der Waals surface area (Å²) < 4.78 is 0. The Hall–Kier alpha value is -8.83. The maximum absolute atomic E-state index is 3.44. The number of para-hydroxylation sites is 5. The van der Waals surface area contributed by atoms with Crippen LogP contribution >= 0.6 is 0 Å². The molecule has 0 radical (unpaired) electrons. The minimum absolute atomic E-state index is 0.0768. The van der Waals surface area contributed by atoms with Crippen molar-refractivity contribution in [1.29, 1.82) is 0 Å². The molecule has 0 aromatic heterocycles. The fraction of sp³-hybridized carbons (Fsp3) is 0.0833. The van der Waals surface area contributed by atoms with Gasteiger partial charge in [-0.1, -0.05) is 220 Å². The molecule has 6 heteroatoms. The van der Waals surface area contributed by atoms with E-state index >= 15 is 0 Å². The molecule has 0 atom stereocenters. The molecule has 0 saturated carbocycles. The highest BCUT2D eigenvalue weighted by Crippen LogP contribution is 2.46. The predicted molar refractivity (Wildman–Crippen MR) is 338 cm³/mol. The lowest BCUT2D eigenvalue weighted by Crippen LogP contribution is -2.81. The SMILES string of the molecule is Cc1cc(C)c(B2c3cccc4c3N3c5c2cc(N(c2ccccc2)c2ccccc2)cc5[Si](c2ccccc2)(c2ccccc2)c2cc(N(c5ccccc5)c5ccccc5)cc(c23)B4c2c(C)cc(C)cc2C)c(C)c1. The van der Waals surface area contributed by atoms with Crippen molar-refractivity contribution in [2.45, 2.75) is 41.5 Å². The molecule has 78 heavy (non-hydrogen) atoms. The lowest BCUT2D eigenvalue weighted by atomic mass is 9.29. The Bertz CT molecular complexity index is 3730. The number of hydrogen-bond donors (Lipinski definition) is 0. The lowest BCUT2D eigenvalue weighted by molar-refractivity contribution is 1.26. The second-order valence-electron chi connectivity index (χ2n) is 22.0. The fourth-order valence-corrected chi connectivity index (χ4v) is 19.7. The molecule has 0 amide bonds. The topological polar surface area (TPSA) is 9.72 Å². The maximum atomic E-state index is 2.79. The van der Waals surface area contributed by atoms with Crippen LogP contribution in [-0.2, 0) is 0 Å². The van der Waals surface area contributed by atoms with E-state index in [4.69, 9.17) is 0 Å². The van der Waals surface area contributed by atoms with Gasteiger partial charge in [0, 0.05) is 51.2 Å². The Kier molecular flexibility index (Phi) is 11.4. The van der Waals surface area contributed by atoms with Crippen LogP contribution in [0.3, 0.4) is 0 Å². The number of nitrogens with zero attached hydrogens (tertiary/aromatic N) is 3. The molecular formula is C72H59B2N3Si. The second kappa shape index (κ2) is 18.7. The van der Waals surface area contributed by atoms with Gasteiger partial charge in [-0.3, -0.25) is 0 Å². The zero-order valence-electron chi connectivity index (χ0n) is 45.2. The van der Waals surface area contributed by atoms with Crippen molar-refractivity contribution in [1.82, 2.24) is 0 Å². The molecule has 11 aromatic rings. The summed E-state index contributed by atoms with van der Waals surface area (Å²) in [7, 11) is -3.44. The van der Waals surface area contributed by atoms with E-state index in [1.807, 2.05) is 0 Å². The largest absolute Gasteiger partial charge is 0.313 e. The Morgan fingerprint density at radius 3 is 0.923 bits per heavy atom. The van der Waals surface area contributed by atoms with Gasteiger partial charge in [-0.2, -0.15) is 0 Å². The first-order valence-corrected chi connectivity index (χ1v) is 29.6. The first-order chi connectivity index (χ1) is 38.2. The third kappa shape index (κ3) is 7.27. The first-order valence-electron chi connectivity index (χ1n) is 27.6. The van der Waals surface area contributed by atoms with Gasteiger partial charge in [0.1, 0.15) is 0 Å². The quantitative estimate of drug-likeness (QED) is 0.126. The van der Waals surface area contributed by atoms with Crippen molar-refractivity contribution in [2.75, 3.05) is 14.7 Å². The van der Waals surface area contributed by atoms with Gasteiger partial charge >= 0.3 is 0 Å². The predicted octanol–water partition coefficient (Wildman–Crippen LogP) is 11.3. The summed E-state index contributed by atoms with van der Waals surface area (Å²) in [5.74, 6) is 0. The molecule has 11 aromatic carbocycles. The lowest BCUT2D eigenvalue weighted by Gasteiger charge is -2.53. The molecule has 0 unspecified atom stereocenters. The van der Waals surface area contributed by atoms with E-state index < -0.39 is 8.07 Å². The summed E-state index contributed by atoms with van der Waals surface area (Å²) >= 11 is 0. The maximum Gasteiger partial charge on any atom is 0.247 e. The van der Waals surface area contributed by atoms with Crippen LogP contribution in [0.15, 0.2) is 249 Å². The Morgan fingerprint density at radius 2 is 0.603 bits per heavy atom. The Morgan fingerprint density at radius 1 is 0.295 bits per heavy atom. The molecule has 0 saturated heterocycles. The molecule has 3 nitrogen and oxygen atoms in total. The van der Waals surface area contributed by atoms with E-state index in [0.717, 1.165) is 34.1 Å². The van der Waals surface area contributed by atoms with Crippen molar-refractivity contribution in [2.24, 2.45) is 0 Å². The fourth-order valence-electron chi connectivity index (χ4n) is 14.5. The first kappa shape index (κ1) is 47.6. The van der Waals surface area contributed by atoms with Crippen molar-refractivity contribution >= 4 is 126 Å². The highest BCUT2D eigenvalue weighted by molar-refractivity contribution is 7.22. The smallest absolute Gasteiger partial charge is 0.247 e. The minimum Gasteiger partial charge on any atom is -0.313 e. The van der Waals surface area contributed by atoms with Gasteiger partial charge in [0.15, 0.2) is 8.07 Å². The highest BCUT2D eigenvalue weighted by Gasteiger charge is 2.56. The van der Waals surface area contributed by atoms with E-state index in [1.54, 1.807) is 0 Å². The number of rotatable bonds is 10. The number of benzene rings is 11. The van der Waals surface area contributed by atoms with Gasteiger partial charge in [0.05, 0.1) is 0 Å². The number of hydrogen-bond acceptors (Lipinski definition) is 3. The number of anilines is 9. The van der Waals surface area contributed by atoms with E-state index in [0.29, 0.717) is 0 Å². The Balaban J connectivity index is 1.23. The molecule has 14 rings (SSSR count). The summed E-state index contributed by atoms with van der Waals surface area (Å²) in [6.07, 6.45) is 0. The van der Waals surface area contributed by atoms with Crippen LogP contribution in [0.4, 0.5) is 51.2 Å². The summed E-state index contributed by atoms with van der Waals surface area (Å²) in [5, 5.41) is 5.49. The standard InChI is InChI=1S/C72H59B2N3Si/c1-48-40-50(3)68(51(4)41-48)73-62-38-25-39-63-70(62)77-71-64(73)44-58(75(54-26-13-7-14-27-54)55-28-15-8-16-29-55)46-66(71)78(60-34-21-11-22-35-60,61-36-23-12-24-37-61)67-47-59(76(56-30-17-9-18-31-56)57-32-19-10-20-33-57)45-65(72(67)77)74(63)69-52(5)42-49(2)43-53(69)6/h7-47H,1-6H3. The van der Waals surface area contributed by atoms with Crippen molar-refractivity contribution < 1.29 is 0 Å². The van der Waals surface area contributed by atoms with Crippen LogP contribution in [0.2, 0.25) is 0 Å². The monoisotopic (exact) mass is 1020 g/mol. The minimum atomic E-state index is -3.44. The molecule has 0 bridgehead atoms. The second-order valence-corrected chi connectivity index (χ2v) is 25.7. The molecule has 372 valence electrons. The molecule has 0 aliphatic carbocycles. The van der Waals surface area contributed by atoms with Gasteiger partial charge in [0.2, 0.25) is 13.4 Å². The Labute approximate surface area is 461 Å². The number of aryl methyl sites for hydroxylation is 6. The van der Waals surface area contributed by atoms with Crippen molar-refractivity contribution in [3.05, 3.63) is 282 Å². The van der Waals surface area contributed by atoms with Gasteiger partial charge in [-0.15, -0.1) is 0 Å². The average Bonchev–Trinajstić information content (AvgIpc) is 1.87. The third-order valence-corrected chi connectivity index (χ3v) is 21.9.